The Labute approximate surface area is 109 Å². The van der Waals surface area contributed by atoms with Gasteiger partial charge in [0.05, 0.1) is 6.54 Å². The lowest BCUT2D eigenvalue weighted by Crippen LogP contribution is -2.39. The van der Waals surface area contributed by atoms with E-state index in [-0.39, 0.29) is 17.7 Å². The lowest BCUT2D eigenvalue weighted by molar-refractivity contribution is -0.122. The van der Waals surface area contributed by atoms with Crippen LogP contribution < -0.4 is 5.32 Å². The van der Waals surface area contributed by atoms with Crippen LogP contribution in [-0.2, 0) is 11.3 Å². The Balaban J connectivity index is 2.51. The smallest absolute Gasteiger partial charge is 0.234 e. The Bertz CT molecular complexity index is 374. The first kappa shape index (κ1) is 14.5. The maximum absolute atomic E-state index is 11.7. The van der Waals surface area contributed by atoms with Crippen molar-refractivity contribution in [1.82, 2.24) is 10.2 Å². The number of aromatic hydroxyl groups is 1. The molecule has 0 atom stereocenters. The molecule has 4 heteroatoms. The molecule has 0 aliphatic rings. The van der Waals surface area contributed by atoms with Crippen LogP contribution in [0.25, 0.3) is 0 Å². The molecule has 100 valence electrons. The first-order valence-corrected chi connectivity index (χ1v) is 6.31. The normalized spacial score (nSPS) is 10.9. The second-order valence-electron chi connectivity index (χ2n) is 4.69. The largest absolute Gasteiger partial charge is 0.508 e. The quantitative estimate of drug-likeness (QED) is 0.808. The molecule has 2 N–H and O–H groups in total. The Morgan fingerprint density at radius 3 is 2.44 bits per heavy atom. The van der Waals surface area contributed by atoms with Crippen molar-refractivity contribution in [3.63, 3.8) is 0 Å². The van der Waals surface area contributed by atoms with E-state index in [9.17, 15) is 9.90 Å². The summed E-state index contributed by atoms with van der Waals surface area (Å²) in [7, 11) is 0. The van der Waals surface area contributed by atoms with Crippen molar-refractivity contribution >= 4 is 5.91 Å². The van der Waals surface area contributed by atoms with Gasteiger partial charge in [0.2, 0.25) is 5.91 Å². The molecule has 4 nitrogen and oxygen atoms in total. The molecule has 0 saturated carbocycles. The van der Waals surface area contributed by atoms with Crippen LogP contribution in [0.3, 0.4) is 0 Å². The third-order valence-electron chi connectivity index (χ3n) is 2.61. The van der Waals surface area contributed by atoms with Crippen LogP contribution in [0, 0.1) is 0 Å². The van der Waals surface area contributed by atoms with Crippen molar-refractivity contribution in [2.75, 3.05) is 13.1 Å². The summed E-state index contributed by atoms with van der Waals surface area (Å²) in [5.74, 6) is 0.310. The third kappa shape index (κ3) is 5.19. The number of carbonyl (C=O) groups excluding carboxylic acids is 1. The van der Waals surface area contributed by atoms with Crippen molar-refractivity contribution < 1.29 is 9.90 Å². The fraction of sp³-hybridized carbons (Fsp3) is 0.500. The van der Waals surface area contributed by atoms with E-state index in [1.165, 1.54) is 0 Å². The number of phenols is 1. The van der Waals surface area contributed by atoms with Gasteiger partial charge in [0.1, 0.15) is 5.75 Å². The third-order valence-corrected chi connectivity index (χ3v) is 2.61. The standard InChI is InChI=1S/C14H22N2O2/c1-4-16(10-14(18)15-11(2)3)9-12-5-7-13(17)8-6-12/h5-8,11,17H,4,9-10H2,1-3H3,(H,15,18). The molecule has 1 aromatic carbocycles. The van der Waals surface area contributed by atoms with E-state index in [2.05, 4.69) is 10.2 Å². The van der Waals surface area contributed by atoms with E-state index in [0.29, 0.717) is 13.1 Å². The summed E-state index contributed by atoms with van der Waals surface area (Å²) >= 11 is 0. The number of benzene rings is 1. The molecule has 18 heavy (non-hydrogen) atoms. The van der Waals surface area contributed by atoms with Crippen molar-refractivity contribution in [3.05, 3.63) is 29.8 Å². The Morgan fingerprint density at radius 2 is 1.94 bits per heavy atom. The van der Waals surface area contributed by atoms with Gasteiger partial charge in [-0.1, -0.05) is 19.1 Å². The van der Waals surface area contributed by atoms with Gasteiger partial charge in [0.25, 0.3) is 0 Å². The van der Waals surface area contributed by atoms with Crippen molar-refractivity contribution in [2.24, 2.45) is 0 Å². The molecule has 0 saturated heterocycles. The highest BCUT2D eigenvalue weighted by atomic mass is 16.3. The molecular formula is C14H22N2O2. The molecule has 1 amide bonds. The topological polar surface area (TPSA) is 52.6 Å². The fourth-order valence-electron chi connectivity index (χ4n) is 1.71. The maximum Gasteiger partial charge on any atom is 0.234 e. The van der Waals surface area contributed by atoms with E-state index in [0.717, 1.165) is 12.1 Å². The lowest BCUT2D eigenvalue weighted by Gasteiger charge is -2.20. The zero-order valence-corrected chi connectivity index (χ0v) is 11.3. The molecule has 1 rings (SSSR count). The summed E-state index contributed by atoms with van der Waals surface area (Å²) in [6.45, 7) is 7.86. The summed E-state index contributed by atoms with van der Waals surface area (Å²) < 4.78 is 0. The molecule has 0 bridgehead atoms. The SMILES string of the molecule is CCN(CC(=O)NC(C)C)Cc1ccc(O)cc1. The van der Waals surface area contributed by atoms with Crippen LogP contribution in [0.15, 0.2) is 24.3 Å². The minimum Gasteiger partial charge on any atom is -0.508 e. The van der Waals surface area contributed by atoms with Gasteiger partial charge >= 0.3 is 0 Å². The van der Waals surface area contributed by atoms with Crippen molar-refractivity contribution in [3.8, 4) is 5.75 Å². The molecule has 0 radical (unpaired) electrons. The number of amides is 1. The lowest BCUT2D eigenvalue weighted by atomic mass is 10.2. The van der Waals surface area contributed by atoms with Gasteiger partial charge in [-0.05, 0) is 38.1 Å². The predicted octanol–water partition coefficient (Wildman–Crippen LogP) is 1.74. The molecule has 0 heterocycles. The van der Waals surface area contributed by atoms with Crippen LogP contribution in [0.4, 0.5) is 0 Å². The second-order valence-corrected chi connectivity index (χ2v) is 4.69. The number of likely N-dealkylation sites (N-methyl/N-ethyl adjacent to an activating group) is 1. The summed E-state index contributed by atoms with van der Waals surface area (Å²) in [6.07, 6.45) is 0. The Morgan fingerprint density at radius 1 is 1.33 bits per heavy atom. The number of nitrogens with zero attached hydrogens (tertiary/aromatic N) is 1. The van der Waals surface area contributed by atoms with E-state index >= 15 is 0 Å². The Hall–Kier alpha value is -1.55. The average Bonchev–Trinajstić information content (AvgIpc) is 2.30. The van der Waals surface area contributed by atoms with Gasteiger partial charge in [0, 0.05) is 12.6 Å². The van der Waals surface area contributed by atoms with Crippen molar-refractivity contribution in [2.45, 2.75) is 33.4 Å². The summed E-state index contributed by atoms with van der Waals surface area (Å²) in [5, 5.41) is 12.1. The highest BCUT2D eigenvalue weighted by Crippen LogP contribution is 2.11. The molecule has 1 aromatic rings. The predicted molar refractivity (Wildman–Crippen MR) is 72.3 cm³/mol. The zero-order valence-electron chi connectivity index (χ0n) is 11.3. The maximum atomic E-state index is 11.7. The molecule has 0 fully saturated rings. The molecule has 0 aliphatic carbocycles. The first-order valence-electron chi connectivity index (χ1n) is 6.31. The van der Waals surface area contributed by atoms with Crippen LogP contribution in [0.2, 0.25) is 0 Å². The average molecular weight is 250 g/mol. The van der Waals surface area contributed by atoms with Gasteiger partial charge < -0.3 is 10.4 Å². The monoisotopic (exact) mass is 250 g/mol. The second kappa shape index (κ2) is 7.01. The van der Waals surface area contributed by atoms with Gasteiger partial charge in [-0.2, -0.15) is 0 Å². The molecule has 0 aromatic heterocycles. The minimum absolute atomic E-state index is 0.0469. The summed E-state index contributed by atoms with van der Waals surface area (Å²) in [4.78, 5) is 13.7. The summed E-state index contributed by atoms with van der Waals surface area (Å²) in [6, 6.07) is 7.25. The molecule has 0 aliphatic heterocycles. The number of phenolic OH excluding ortho intramolecular Hbond substituents is 1. The number of rotatable bonds is 6. The number of nitrogens with one attached hydrogen (secondary N) is 1. The van der Waals surface area contributed by atoms with Gasteiger partial charge in [0.15, 0.2) is 0 Å². The van der Waals surface area contributed by atoms with E-state index < -0.39 is 0 Å². The Kier molecular flexibility index (Phi) is 5.65. The van der Waals surface area contributed by atoms with E-state index in [1.807, 2.05) is 32.9 Å². The fourth-order valence-corrected chi connectivity index (χ4v) is 1.71. The number of carbonyl (C=O) groups is 1. The first-order chi connectivity index (χ1) is 8.51. The van der Waals surface area contributed by atoms with E-state index in [1.54, 1.807) is 12.1 Å². The molecular weight excluding hydrogens is 228 g/mol. The number of hydrogen-bond donors (Lipinski definition) is 2. The highest BCUT2D eigenvalue weighted by Gasteiger charge is 2.10. The minimum atomic E-state index is 0.0469. The van der Waals surface area contributed by atoms with Crippen LogP contribution >= 0.6 is 0 Å². The zero-order chi connectivity index (χ0) is 13.5. The van der Waals surface area contributed by atoms with Crippen LogP contribution in [-0.4, -0.2) is 35.0 Å². The van der Waals surface area contributed by atoms with Crippen molar-refractivity contribution in [1.29, 1.82) is 0 Å². The van der Waals surface area contributed by atoms with Gasteiger partial charge in [-0.15, -0.1) is 0 Å². The molecule has 0 spiro atoms. The van der Waals surface area contributed by atoms with Crippen LogP contribution in [0.5, 0.6) is 5.75 Å². The van der Waals surface area contributed by atoms with Gasteiger partial charge in [-0.3, -0.25) is 9.69 Å². The number of hydrogen-bond acceptors (Lipinski definition) is 3. The van der Waals surface area contributed by atoms with Crippen LogP contribution in [0.1, 0.15) is 26.3 Å². The van der Waals surface area contributed by atoms with Gasteiger partial charge in [-0.25, -0.2) is 0 Å². The summed E-state index contributed by atoms with van der Waals surface area (Å²) in [5.41, 5.74) is 1.09. The highest BCUT2D eigenvalue weighted by molar-refractivity contribution is 5.78. The van der Waals surface area contributed by atoms with E-state index in [4.69, 9.17) is 0 Å². The molecule has 0 unspecified atom stereocenters.